The largest absolute Gasteiger partial charge is 0.394 e. The van der Waals surface area contributed by atoms with E-state index in [0.717, 1.165) is 32.1 Å². The molecule has 306 valence electrons. The first kappa shape index (κ1) is 50.6. The number of carbonyl (C=O) groups is 1. The third kappa shape index (κ3) is 39.8. The van der Waals surface area contributed by atoms with Crippen molar-refractivity contribution in [3.63, 3.8) is 0 Å². The van der Waals surface area contributed by atoms with Crippen LogP contribution in [0.25, 0.3) is 0 Å². The molecule has 0 fully saturated rings. The molecule has 0 saturated carbocycles. The zero-order valence-electron chi connectivity index (χ0n) is 35.1. The first-order chi connectivity index (χ1) is 25.7. The van der Waals surface area contributed by atoms with Crippen LogP contribution in [0.5, 0.6) is 0 Å². The number of aliphatic hydroxyl groups is 2. The molecule has 0 aromatic carbocycles. The Morgan fingerprint density at radius 2 is 0.750 bits per heavy atom. The highest BCUT2D eigenvalue weighted by atomic mass is 16.3. The number of rotatable bonds is 42. The summed E-state index contributed by atoms with van der Waals surface area (Å²) >= 11 is 0. The third-order valence-corrected chi connectivity index (χ3v) is 10.6. The van der Waals surface area contributed by atoms with E-state index < -0.39 is 12.1 Å². The number of unbranched alkanes of at least 4 members (excludes halogenated alkanes) is 31. The van der Waals surface area contributed by atoms with E-state index in [2.05, 4.69) is 43.5 Å². The summed E-state index contributed by atoms with van der Waals surface area (Å²) in [7, 11) is 0. The van der Waals surface area contributed by atoms with Gasteiger partial charge in [-0.05, 0) is 57.8 Å². The molecular weight excluding hydrogens is 639 g/mol. The standard InChI is InChI=1S/C48H91NO3/c1-3-5-7-9-11-13-15-17-19-21-23-24-26-27-29-31-33-35-37-39-41-43-47(51)46(45-50)49-48(52)44-42-40-38-36-34-32-30-28-25-22-20-18-16-14-12-10-8-6-4-2/h18,20,33,35,41,43,46-47,50-51H,3-17,19,21-32,34,36-40,42,44-45H2,1-2H3,(H,49,52)/b20-18-,35-33+,43-41+. The lowest BCUT2D eigenvalue weighted by Crippen LogP contribution is -2.45. The highest BCUT2D eigenvalue weighted by molar-refractivity contribution is 5.76. The van der Waals surface area contributed by atoms with Crippen LogP contribution in [0, 0.1) is 0 Å². The molecule has 0 rings (SSSR count). The van der Waals surface area contributed by atoms with E-state index in [9.17, 15) is 15.0 Å². The summed E-state index contributed by atoms with van der Waals surface area (Å²) in [4.78, 5) is 12.4. The zero-order chi connectivity index (χ0) is 37.8. The Labute approximate surface area is 325 Å². The van der Waals surface area contributed by atoms with Gasteiger partial charge in [0, 0.05) is 6.42 Å². The minimum atomic E-state index is -0.862. The van der Waals surface area contributed by atoms with Gasteiger partial charge >= 0.3 is 0 Å². The molecule has 3 N–H and O–H groups in total. The zero-order valence-corrected chi connectivity index (χ0v) is 35.1. The monoisotopic (exact) mass is 730 g/mol. The molecule has 0 aromatic rings. The Morgan fingerprint density at radius 3 is 1.12 bits per heavy atom. The molecule has 0 radical (unpaired) electrons. The van der Waals surface area contributed by atoms with Gasteiger partial charge in [-0.15, -0.1) is 0 Å². The lowest BCUT2D eigenvalue weighted by molar-refractivity contribution is -0.123. The van der Waals surface area contributed by atoms with E-state index in [4.69, 9.17) is 0 Å². The molecule has 2 atom stereocenters. The van der Waals surface area contributed by atoms with Gasteiger partial charge in [0.15, 0.2) is 0 Å². The SMILES string of the molecule is CCCCCCCC/C=C\CCCCCCCCCCCC(=O)NC(CO)C(O)/C=C/CC/C=C/CCCCCCCCCCCCCCCCC. The fourth-order valence-corrected chi connectivity index (χ4v) is 7.01. The quantitative estimate of drug-likeness (QED) is 0.0433. The molecule has 0 aromatic heterocycles. The smallest absolute Gasteiger partial charge is 0.220 e. The number of aliphatic hydroxyl groups excluding tert-OH is 2. The molecule has 0 saturated heterocycles. The molecule has 52 heavy (non-hydrogen) atoms. The van der Waals surface area contributed by atoms with E-state index in [1.807, 2.05) is 6.08 Å². The second-order valence-corrected chi connectivity index (χ2v) is 15.8. The number of hydrogen-bond acceptors (Lipinski definition) is 3. The first-order valence-corrected chi connectivity index (χ1v) is 23.2. The number of hydrogen-bond donors (Lipinski definition) is 3. The van der Waals surface area contributed by atoms with Gasteiger partial charge in [-0.1, -0.05) is 217 Å². The van der Waals surface area contributed by atoms with Crippen molar-refractivity contribution in [1.29, 1.82) is 0 Å². The van der Waals surface area contributed by atoms with Gasteiger partial charge in [-0.25, -0.2) is 0 Å². The number of amides is 1. The van der Waals surface area contributed by atoms with Crippen LogP contribution in [0.4, 0.5) is 0 Å². The molecule has 1 amide bonds. The van der Waals surface area contributed by atoms with Crippen LogP contribution >= 0.6 is 0 Å². The fraction of sp³-hybridized carbons (Fsp3) is 0.854. The van der Waals surface area contributed by atoms with E-state index in [1.54, 1.807) is 6.08 Å². The highest BCUT2D eigenvalue weighted by Gasteiger charge is 2.17. The second kappa shape index (κ2) is 44.0. The predicted molar refractivity (Wildman–Crippen MR) is 230 cm³/mol. The van der Waals surface area contributed by atoms with E-state index in [1.165, 1.54) is 193 Å². The lowest BCUT2D eigenvalue weighted by Gasteiger charge is -2.19. The average molecular weight is 730 g/mol. The van der Waals surface area contributed by atoms with Crippen molar-refractivity contribution in [2.45, 2.75) is 257 Å². The van der Waals surface area contributed by atoms with Gasteiger partial charge in [-0.2, -0.15) is 0 Å². The van der Waals surface area contributed by atoms with Crippen molar-refractivity contribution in [3.05, 3.63) is 36.5 Å². The Morgan fingerprint density at radius 1 is 0.442 bits per heavy atom. The van der Waals surface area contributed by atoms with Crippen molar-refractivity contribution in [2.24, 2.45) is 0 Å². The minimum absolute atomic E-state index is 0.0748. The molecule has 4 heteroatoms. The first-order valence-electron chi connectivity index (χ1n) is 23.2. The Bertz CT molecular complexity index is 790. The fourth-order valence-electron chi connectivity index (χ4n) is 7.01. The maximum absolute atomic E-state index is 12.4. The van der Waals surface area contributed by atoms with Crippen molar-refractivity contribution >= 4 is 5.91 Å². The summed E-state index contributed by atoms with van der Waals surface area (Å²) < 4.78 is 0. The molecule has 0 aliphatic rings. The Kier molecular flexibility index (Phi) is 42.8. The van der Waals surface area contributed by atoms with Gasteiger partial charge < -0.3 is 15.5 Å². The third-order valence-electron chi connectivity index (χ3n) is 10.6. The Balaban J connectivity index is 3.59. The molecule has 2 unspecified atom stereocenters. The molecule has 0 aliphatic heterocycles. The van der Waals surface area contributed by atoms with E-state index >= 15 is 0 Å². The summed E-state index contributed by atoms with van der Waals surface area (Å²) in [6.45, 7) is 4.31. The van der Waals surface area contributed by atoms with Crippen molar-refractivity contribution < 1.29 is 15.0 Å². The summed E-state index contributed by atoms with van der Waals surface area (Å²) in [6, 6.07) is -0.639. The van der Waals surface area contributed by atoms with Crippen LogP contribution in [0.3, 0.4) is 0 Å². The van der Waals surface area contributed by atoms with E-state index in [-0.39, 0.29) is 12.5 Å². The normalized spacial score (nSPS) is 13.2. The van der Waals surface area contributed by atoms with Crippen LogP contribution in [-0.2, 0) is 4.79 Å². The molecule has 0 bridgehead atoms. The maximum atomic E-state index is 12.4. The predicted octanol–water partition coefficient (Wildman–Crippen LogP) is 14.6. The summed E-state index contributed by atoms with van der Waals surface area (Å²) in [5, 5.41) is 23.0. The van der Waals surface area contributed by atoms with Crippen LogP contribution < -0.4 is 5.32 Å². The molecular formula is C48H91NO3. The van der Waals surface area contributed by atoms with Crippen LogP contribution in [-0.4, -0.2) is 34.9 Å². The minimum Gasteiger partial charge on any atom is -0.394 e. The van der Waals surface area contributed by atoms with Crippen LogP contribution in [0.15, 0.2) is 36.5 Å². The summed E-state index contributed by atoms with van der Waals surface area (Å²) in [6.07, 6.45) is 58.3. The van der Waals surface area contributed by atoms with Crippen molar-refractivity contribution in [1.82, 2.24) is 5.32 Å². The lowest BCUT2D eigenvalue weighted by atomic mass is 10.0. The van der Waals surface area contributed by atoms with E-state index in [0.29, 0.717) is 6.42 Å². The number of allylic oxidation sites excluding steroid dienone is 5. The summed E-state index contributed by atoms with van der Waals surface area (Å²) in [5.74, 6) is -0.0748. The van der Waals surface area contributed by atoms with Crippen LogP contribution in [0.1, 0.15) is 245 Å². The van der Waals surface area contributed by atoms with Gasteiger partial charge in [0.05, 0.1) is 18.8 Å². The van der Waals surface area contributed by atoms with Gasteiger partial charge in [-0.3, -0.25) is 4.79 Å². The van der Waals surface area contributed by atoms with Crippen LogP contribution in [0.2, 0.25) is 0 Å². The summed E-state index contributed by atoms with van der Waals surface area (Å²) in [5.41, 5.74) is 0. The molecule has 0 heterocycles. The average Bonchev–Trinajstić information content (AvgIpc) is 3.15. The number of carbonyl (C=O) groups excluding carboxylic acids is 1. The maximum Gasteiger partial charge on any atom is 0.220 e. The highest BCUT2D eigenvalue weighted by Crippen LogP contribution is 2.15. The van der Waals surface area contributed by atoms with Gasteiger partial charge in [0.2, 0.25) is 5.91 Å². The number of nitrogens with one attached hydrogen (secondary N) is 1. The molecule has 0 spiro atoms. The van der Waals surface area contributed by atoms with Gasteiger partial charge in [0.1, 0.15) is 0 Å². The topological polar surface area (TPSA) is 69.6 Å². The Hall–Kier alpha value is -1.39. The van der Waals surface area contributed by atoms with Gasteiger partial charge in [0.25, 0.3) is 0 Å². The van der Waals surface area contributed by atoms with Crippen molar-refractivity contribution in [3.8, 4) is 0 Å². The second-order valence-electron chi connectivity index (χ2n) is 15.8. The van der Waals surface area contributed by atoms with Crippen molar-refractivity contribution in [2.75, 3.05) is 6.61 Å². The molecule has 4 nitrogen and oxygen atoms in total. The molecule has 0 aliphatic carbocycles.